The number of carbonyl (C=O) groups excluding carboxylic acids is 1. The number of anilines is 1. The monoisotopic (exact) mass is 354 g/mol. The first-order valence-corrected chi connectivity index (χ1v) is 7.62. The van der Waals surface area contributed by atoms with Gasteiger partial charge in [0.2, 0.25) is 12.3 Å². The van der Waals surface area contributed by atoms with E-state index in [9.17, 15) is 4.79 Å². The maximum Gasteiger partial charge on any atom is 0.228 e. The van der Waals surface area contributed by atoms with Crippen molar-refractivity contribution < 1.29 is 9.53 Å². The summed E-state index contributed by atoms with van der Waals surface area (Å²) >= 11 is 5.26. The topological polar surface area (TPSA) is 51.2 Å². The maximum absolute atomic E-state index is 10.9. The average molecular weight is 355 g/mol. The highest BCUT2D eigenvalue weighted by Gasteiger charge is 2.20. The molecule has 2 rings (SSSR count). The zero-order valence-corrected chi connectivity index (χ0v) is 14.1. The number of hydrogen-bond donors (Lipinski definition) is 1. The van der Waals surface area contributed by atoms with Gasteiger partial charge in [-0.1, -0.05) is 0 Å². The Morgan fingerprint density at radius 3 is 2.60 bits per heavy atom. The van der Waals surface area contributed by atoms with Crippen molar-refractivity contribution in [3.63, 3.8) is 0 Å². The molecular weight excluding hydrogens is 340 g/mol. The molecule has 4 nitrogen and oxygen atoms in total. The molecule has 106 valence electrons. The van der Waals surface area contributed by atoms with Gasteiger partial charge in [0.1, 0.15) is 0 Å². The lowest BCUT2D eigenvalue weighted by Gasteiger charge is -2.15. The van der Waals surface area contributed by atoms with Crippen LogP contribution < -0.4 is 10.1 Å². The first-order chi connectivity index (χ1) is 9.49. The molecule has 2 aromatic heterocycles. The Bertz CT molecular complexity index is 668. The van der Waals surface area contributed by atoms with Gasteiger partial charge in [0.15, 0.2) is 0 Å². The molecule has 0 aliphatic carbocycles. The number of rotatable bonds is 4. The molecule has 0 aliphatic rings. The van der Waals surface area contributed by atoms with Crippen LogP contribution in [0, 0.1) is 20.8 Å². The Morgan fingerprint density at radius 2 is 2.10 bits per heavy atom. The minimum absolute atomic E-state index is 0.511. The van der Waals surface area contributed by atoms with Gasteiger partial charge in [-0.2, -0.15) is 0 Å². The van der Waals surface area contributed by atoms with Gasteiger partial charge in [-0.15, -0.1) is 11.3 Å². The fraction of sp³-hybridized carbons (Fsp3) is 0.286. The summed E-state index contributed by atoms with van der Waals surface area (Å²) in [6.45, 7) is 5.97. The van der Waals surface area contributed by atoms with Crippen molar-refractivity contribution >= 4 is 39.4 Å². The predicted octanol–water partition coefficient (Wildman–Crippen LogP) is 4.07. The van der Waals surface area contributed by atoms with Crippen molar-refractivity contribution in [2.75, 3.05) is 12.4 Å². The molecular formula is C14H15BrN2O2S. The van der Waals surface area contributed by atoms with Gasteiger partial charge in [-0.05, 0) is 48.3 Å². The van der Waals surface area contributed by atoms with E-state index in [4.69, 9.17) is 4.74 Å². The number of methoxy groups -OCH3 is 1. The molecule has 0 aliphatic heterocycles. The number of aryl methyl sites for hydroxylation is 3. The molecule has 2 heterocycles. The van der Waals surface area contributed by atoms with E-state index in [1.807, 2.05) is 6.92 Å². The summed E-state index contributed by atoms with van der Waals surface area (Å²) in [7, 11) is 1.58. The number of thiophene rings is 1. The normalized spacial score (nSPS) is 10.4. The molecule has 1 N–H and O–H groups in total. The molecule has 0 aromatic carbocycles. The van der Waals surface area contributed by atoms with Gasteiger partial charge in [-0.3, -0.25) is 4.79 Å². The zero-order chi connectivity index (χ0) is 14.9. The van der Waals surface area contributed by atoms with Crippen LogP contribution in [0.3, 0.4) is 0 Å². The minimum Gasteiger partial charge on any atom is -0.480 e. The number of hydrogen-bond acceptors (Lipinski definition) is 4. The zero-order valence-electron chi connectivity index (χ0n) is 11.7. The fourth-order valence-electron chi connectivity index (χ4n) is 2.16. The number of nitrogens with zero attached hydrogens (tertiary/aromatic N) is 1. The quantitative estimate of drug-likeness (QED) is 0.841. The van der Waals surface area contributed by atoms with Crippen LogP contribution in [0.1, 0.15) is 15.4 Å². The third-order valence-corrected chi connectivity index (χ3v) is 4.70. The molecule has 0 saturated carbocycles. The molecule has 0 radical (unpaired) electrons. The molecule has 1 amide bonds. The number of amides is 1. The van der Waals surface area contributed by atoms with Crippen molar-refractivity contribution in [1.82, 2.24) is 4.98 Å². The highest BCUT2D eigenvalue weighted by atomic mass is 79.9. The van der Waals surface area contributed by atoms with Crippen LogP contribution in [0.5, 0.6) is 5.88 Å². The first kappa shape index (κ1) is 15.0. The molecule has 0 fully saturated rings. The summed E-state index contributed by atoms with van der Waals surface area (Å²) in [5.41, 5.74) is 3.40. The third-order valence-electron chi connectivity index (χ3n) is 3.00. The summed E-state index contributed by atoms with van der Waals surface area (Å²) in [5.74, 6) is 0.511. The van der Waals surface area contributed by atoms with Crippen molar-refractivity contribution in [2.24, 2.45) is 0 Å². The summed E-state index contributed by atoms with van der Waals surface area (Å²) in [4.78, 5) is 17.6. The molecule has 0 unspecified atom stereocenters. The fourth-order valence-corrected chi connectivity index (χ4v) is 3.75. The molecule has 0 atom stereocenters. The van der Waals surface area contributed by atoms with E-state index in [1.54, 1.807) is 18.4 Å². The minimum atomic E-state index is 0.511. The summed E-state index contributed by atoms with van der Waals surface area (Å²) < 4.78 is 6.04. The van der Waals surface area contributed by atoms with Gasteiger partial charge in [-0.25, -0.2) is 4.98 Å². The molecule has 0 saturated heterocycles. The van der Waals surface area contributed by atoms with Gasteiger partial charge in [0, 0.05) is 15.3 Å². The van der Waals surface area contributed by atoms with E-state index in [2.05, 4.69) is 46.1 Å². The van der Waals surface area contributed by atoms with Gasteiger partial charge in [0.25, 0.3) is 0 Å². The second-order valence-corrected chi connectivity index (χ2v) is 6.61. The summed E-state index contributed by atoms with van der Waals surface area (Å²) in [6, 6.07) is 2.11. The van der Waals surface area contributed by atoms with Crippen molar-refractivity contribution in [2.45, 2.75) is 20.8 Å². The van der Waals surface area contributed by atoms with Crippen LogP contribution in [-0.2, 0) is 4.79 Å². The highest BCUT2D eigenvalue weighted by molar-refractivity contribution is 9.10. The summed E-state index contributed by atoms with van der Waals surface area (Å²) in [5, 5.41) is 2.75. The number of pyridine rings is 1. The molecule has 20 heavy (non-hydrogen) atoms. The Labute approximate surface area is 130 Å². The van der Waals surface area contributed by atoms with E-state index in [1.165, 1.54) is 9.75 Å². The largest absolute Gasteiger partial charge is 0.480 e. The van der Waals surface area contributed by atoms with E-state index in [-0.39, 0.29) is 0 Å². The van der Waals surface area contributed by atoms with Gasteiger partial charge in [0.05, 0.1) is 23.0 Å². The lowest BCUT2D eigenvalue weighted by atomic mass is 10.0. The Morgan fingerprint density at radius 1 is 1.40 bits per heavy atom. The highest BCUT2D eigenvalue weighted by Crippen LogP contribution is 2.44. The lowest BCUT2D eigenvalue weighted by molar-refractivity contribution is -0.105. The number of nitrogens with one attached hydrogen (secondary N) is 1. The maximum atomic E-state index is 10.9. The van der Waals surface area contributed by atoms with Crippen LogP contribution in [-0.4, -0.2) is 18.5 Å². The predicted molar refractivity (Wildman–Crippen MR) is 85.7 cm³/mol. The van der Waals surface area contributed by atoms with Crippen molar-refractivity contribution in [3.05, 3.63) is 26.0 Å². The standard InChI is InChI=1S/C14H15BrN2O2S/c1-7-5-10(9(3)20-7)11-12(15)14(19-4)17-8(2)13(11)16-6-18/h5-6H,1-4H3,(H,16,18). The molecule has 6 heteroatoms. The van der Waals surface area contributed by atoms with Gasteiger partial charge >= 0.3 is 0 Å². The smallest absolute Gasteiger partial charge is 0.228 e. The van der Waals surface area contributed by atoms with Crippen LogP contribution in [0.25, 0.3) is 11.1 Å². The number of ether oxygens (including phenoxy) is 1. The second kappa shape index (κ2) is 5.93. The molecule has 0 bridgehead atoms. The molecule has 0 spiro atoms. The van der Waals surface area contributed by atoms with Crippen molar-refractivity contribution in [1.29, 1.82) is 0 Å². The van der Waals surface area contributed by atoms with Gasteiger partial charge < -0.3 is 10.1 Å². The second-order valence-electron chi connectivity index (χ2n) is 4.36. The van der Waals surface area contributed by atoms with Crippen molar-refractivity contribution in [3.8, 4) is 17.0 Å². The summed E-state index contributed by atoms with van der Waals surface area (Å²) in [6.07, 6.45) is 0.668. The van der Waals surface area contributed by atoms with E-state index in [0.29, 0.717) is 18.0 Å². The van der Waals surface area contributed by atoms with Crippen LogP contribution in [0.15, 0.2) is 10.5 Å². The SMILES string of the molecule is COc1nc(C)c(NC=O)c(-c2cc(C)sc2C)c1Br. The third kappa shape index (κ3) is 2.58. The number of aromatic nitrogens is 1. The average Bonchev–Trinajstić information content (AvgIpc) is 2.73. The van der Waals surface area contributed by atoms with E-state index < -0.39 is 0 Å². The number of halogens is 1. The van der Waals surface area contributed by atoms with Crippen LogP contribution in [0.2, 0.25) is 0 Å². The van der Waals surface area contributed by atoms with Crippen LogP contribution in [0.4, 0.5) is 5.69 Å². The van der Waals surface area contributed by atoms with Crippen LogP contribution >= 0.6 is 27.3 Å². The Hall–Kier alpha value is -1.40. The first-order valence-electron chi connectivity index (χ1n) is 6.01. The Kier molecular flexibility index (Phi) is 4.45. The van der Waals surface area contributed by atoms with E-state index >= 15 is 0 Å². The molecule has 2 aromatic rings. The number of carbonyl (C=O) groups is 1. The Balaban J connectivity index is 2.80. The van der Waals surface area contributed by atoms with E-state index in [0.717, 1.165) is 21.3 Å². The lowest BCUT2D eigenvalue weighted by Crippen LogP contribution is -2.04.